The third-order valence-electron chi connectivity index (χ3n) is 2.80. The minimum absolute atomic E-state index is 0. The first-order valence-corrected chi connectivity index (χ1v) is 5.89. The summed E-state index contributed by atoms with van der Waals surface area (Å²) in [5.41, 5.74) is 0.998. The van der Waals surface area contributed by atoms with Crippen LogP contribution in [0.4, 0.5) is 0 Å². The summed E-state index contributed by atoms with van der Waals surface area (Å²) >= 11 is 0. The van der Waals surface area contributed by atoms with Gasteiger partial charge in [0.25, 0.3) is 0 Å². The molecular weight excluding hydrogens is 236 g/mol. The van der Waals surface area contributed by atoms with E-state index in [1.807, 2.05) is 56.3 Å². The van der Waals surface area contributed by atoms with Gasteiger partial charge in [-0.1, -0.05) is 30.3 Å². The molecular formula is C16H15Li2NO. The van der Waals surface area contributed by atoms with Crippen LogP contribution in [0.15, 0.2) is 59.6 Å². The molecule has 0 radical (unpaired) electrons. The molecule has 20 heavy (non-hydrogen) atoms. The molecule has 0 spiro atoms. The van der Waals surface area contributed by atoms with Gasteiger partial charge in [0, 0.05) is 0 Å². The summed E-state index contributed by atoms with van der Waals surface area (Å²) in [6, 6.07) is 19.8. The molecule has 0 aliphatic heterocycles. The Bertz CT molecular complexity index is 539. The third-order valence-corrected chi connectivity index (χ3v) is 2.80. The largest absolute Gasteiger partial charge is 1.00 e. The number of aliphatic imine (C=N–C) groups is 1. The van der Waals surface area contributed by atoms with E-state index < -0.39 is 5.54 Å². The third kappa shape index (κ3) is 4.90. The molecule has 0 aromatic heterocycles. The Labute approximate surface area is 144 Å². The minimum Gasteiger partial charge on any atom is -0.901 e. The number of benzene rings is 2. The van der Waals surface area contributed by atoms with Crippen molar-refractivity contribution in [2.75, 3.05) is 0 Å². The van der Waals surface area contributed by atoms with E-state index in [4.69, 9.17) is 0 Å². The van der Waals surface area contributed by atoms with Crippen LogP contribution in [0.1, 0.15) is 25.0 Å². The van der Waals surface area contributed by atoms with E-state index in [0.29, 0.717) is 5.56 Å². The Kier molecular flexibility index (Phi) is 8.03. The average molecular weight is 251 g/mol. The van der Waals surface area contributed by atoms with E-state index in [0.717, 1.165) is 5.56 Å². The SMILES string of the molecule is CC(C)(N=C([O-])c1[c-]cccc1)c1ccccc1.[Li+].[Li+]. The fourth-order valence-corrected chi connectivity index (χ4v) is 1.75. The van der Waals surface area contributed by atoms with Gasteiger partial charge in [0.1, 0.15) is 0 Å². The summed E-state index contributed by atoms with van der Waals surface area (Å²) in [4.78, 5) is 4.28. The predicted molar refractivity (Wildman–Crippen MR) is 71.3 cm³/mol. The monoisotopic (exact) mass is 251 g/mol. The summed E-state index contributed by atoms with van der Waals surface area (Å²) < 4.78 is 0. The fraction of sp³-hybridized carbons (Fsp3) is 0.188. The molecule has 0 N–H and O–H groups in total. The molecule has 0 saturated heterocycles. The van der Waals surface area contributed by atoms with Crippen LogP contribution in [-0.2, 0) is 5.54 Å². The van der Waals surface area contributed by atoms with Crippen LogP contribution in [0.25, 0.3) is 0 Å². The van der Waals surface area contributed by atoms with Crippen LogP contribution in [0, 0.1) is 6.07 Å². The summed E-state index contributed by atoms with van der Waals surface area (Å²) in [6.45, 7) is 3.87. The van der Waals surface area contributed by atoms with Gasteiger partial charge in [0.15, 0.2) is 0 Å². The molecule has 0 heterocycles. The summed E-state index contributed by atoms with van der Waals surface area (Å²) in [6.07, 6.45) is 0. The molecule has 0 fully saturated rings. The molecule has 0 saturated carbocycles. The normalized spacial score (nSPS) is 11.2. The first-order chi connectivity index (χ1) is 8.59. The van der Waals surface area contributed by atoms with Gasteiger partial charge in [0.2, 0.25) is 0 Å². The van der Waals surface area contributed by atoms with Gasteiger partial charge >= 0.3 is 37.7 Å². The van der Waals surface area contributed by atoms with Crippen LogP contribution in [0.2, 0.25) is 0 Å². The number of hydrogen-bond acceptors (Lipinski definition) is 2. The zero-order valence-corrected chi connectivity index (χ0v) is 12.6. The predicted octanol–water partition coefficient (Wildman–Crippen LogP) is -3.46. The average Bonchev–Trinajstić information content (AvgIpc) is 2.40. The van der Waals surface area contributed by atoms with E-state index in [1.54, 1.807) is 12.1 Å². The van der Waals surface area contributed by atoms with Crippen molar-refractivity contribution < 1.29 is 42.8 Å². The van der Waals surface area contributed by atoms with Crippen molar-refractivity contribution in [2.45, 2.75) is 19.4 Å². The van der Waals surface area contributed by atoms with Crippen LogP contribution in [0.3, 0.4) is 0 Å². The first-order valence-electron chi connectivity index (χ1n) is 5.89. The van der Waals surface area contributed by atoms with Crippen molar-refractivity contribution in [3.05, 3.63) is 71.8 Å². The van der Waals surface area contributed by atoms with E-state index in [2.05, 4.69) is 11.1 Å². The second-order valence-corrected chi connectivity index (χ2v) is 4.62. The Balaban J connectivity index is 0.00000180. The summed E-state index contributed by atoms with van der Waals surface area (Å²) in [7, 11) is 0. The molecule has 2 aromatic rings. The van der Waals surface area contributed by atoms with E-state index in [1.165, 1.54) is 0 Å². The van der Waals surface area contributed by atoms with E-state index >= 15 is 0 Å². The molecule has 0 aliphatic rings. The number of rotatable bonds is 3. The zero-order valence-electron chi connectivity index (χ0n) is 12.6. The Hall–Kier alpha value is -0.895. The van der Waals surface area contributed by atoms with Crippen molar-refractivity contribution in [1.29, 1.82) is 0 Å². The van der Waals surface area contributed by atoms with Crippen molar-refractivity contribution in [3.8, 4) is 0 Å². The summed E-state index contributed by atoms with van der Waals surface area (Å²) in [5, 5.41) is 12.0. The van der Waals surface area contributed by atoms with Crippen molar-refractivity contribution >= 4 is 5.90 Å². The Morgan fingerprint density at radius 1 is 1.00 bits per heavy atom. The van der Waals surface area contributed by atoms with E-state index in [9.17, 15) is 5.11 Å². The maximum absolute atomic E-state index is 12.0. The van der Waals surface area contributed by atoms with Gasteiger partial charge < -0.3 is 10.1 Å². The van der Waals surface area contributed by atoms with Crippen LogP contribution >= 0.6 is 0 Å². The van der Waals surface area contributed by atoms with Gasteiger partial charge in [-0.15, -0.1) is 41.8 Å². The first kappa shape index (κ1) is 19.1. The van der Waals surface area contributed by atoms with Gasteiger partial charge in [-0.05, 0) is 19.4 Å². The maximum atomic E-state index is 12.0. The molecule has 0 bridgehead atoms. The van der Waals surface area contributed by atoms with Crippen molar-refractivity contribution in [2.24, 2.45) is 4.99 Å². The summed E-state index contributed by atoms with van der Waals surface area (Å²) in [5.74, 6) is -0.232. The maximum Gasteiger partial charge on any atom is 1.00 e. The van der Waals surface area contributed by atoms with Gasteiger partial charge in [0.05, 0.1) is 5.54 Å². The van der Waals surface area contributed by atoms with Crippen molar-refractivity contribution in [3.63, 3.8) is 0 Å². The molecule has 0 amide bonds. The second-order valence-electron chi connectivity index (χ2n) is 4.62. The standard InChI is InChI=1S/C16H16NO.2Li/c1-16(2,14-11-7-4-8-12-14)17-15(18)13-9-5-3-6-10-13;;/h3-9,11-12H,1-2H3,(H,17,18);;/q-1;2*+1/p-1. The molecule has 92 valence electrons. The second kappa shape index (κ2) is 8.40. The van der Waals surface area contributed by atoms with Crippen LogP contribution < -0.4 is 42.8 Å². The van der Waals surface area contributed by atoms with E-state index in [-0.39, 0.29) is 43.6 Å². The molecule has 2 rings (SSSR count). The van der Waals surface area contributed by atoms with Crippen LogP contribution in [0.5, 0.6) is 0 Å². The number of hydrogen-bond donors (Lipinski definition) is 0. The topological polar surface area (TPSA) is 35.4 Å². The van der Waals surface area contributed by atoms with Gasteiger partial charge in [-0.2, -0.15) is 0 Å². The molecule has 0 aliphatic carbocycles. The molecule has 2 nitrogen and oxygen atoms in total. The fourth-order valence-electron chi connectivity index (χ4n) is 1.75. The quantitative estimate of drug-likeness (QED) is 0.242. The molecule has 2 aromatic carbocycles. The smallest absolute Gasteiger partial charge is 0.901 e. The Morgan fingerprint density at radius 2 is 1.60 bits per heavy atom. The van der Waals surface area contributed by atoms with Crippen molar-refractivity contribution in [1.82, 2.24) is 0 Å². The number of nitrogens with zero attached hydrogens (tertiary/aromatic N) is 1. The van der Waals surface area contributed by atoms with Gasteiger partial charge in [-0.25, -0.2) is 0 Å². The molecule has 4 heteroatoms. The Morgan fingerprint density at radius 3 is 2.15 bits per heavy atom. The zero-order chi connectivity index (χ0) is 13.0. The minimum atomic E-state index is -0.526. The van der Waals surface area contributed by atoms with Gasteiger partial charge in [-0.3, -0.25) is 0 Å². The van der Waals surface area contributed by atoms with Crippen LogP contribution in [-0.4, -0.2) is 5.90 Å². The molecule has 0 unspecified atom stereocenters. The molecule has 0 atom stereocenters.